The highest BCUT2D eigenvalue weighted by Gasteiger charge is 2.31. The Morgan fingerprint density at radius 1 is 1.36 bits per heavy atom. The average molecular weight is 347 g/mol. The molecule has 0 radical (unpaired) electrons. The van der Waals surface area contributed by atoms with Crippen LogP contribution < -0.4 is 9.62 Å². The number of nitrogens with one attached hydrogen (secondary N) is 1. The van der Waals surface area contributed by atoms with Gasteiger partial charge in [-0.25, -0.2) is 21.8 Å². The van der Waals surface area contributed by atoms with Crippen LogP contribution in [0.15, 0.2) is 18.3 Å². The molecule has 2 heterocycles. The van der Waals surface area contributed by atoms with Crippen molar-refractivity contribution >= 4 is 31.4 Å². The number of nitrogens with zero attached hydrogens (tertiary/aromatic N) is 2. The molecule has 9 heteroatoms. The van der Waals surface area contributed by atoms with Crippen molar-refractivity contribution < 1.29 is 16.8 Å². The van der Waals surface area contributed by atoms with E-state index in [1.807, 2.05) is 11.8 Å². The lowest BCUT2D eigenvalue weighted by atomic mass is 10.2. The lowest BCUT2D eigenvalue weighted by molar-refractivity contribution is 0.598. The van der Waals surface area contributed by atoms with Crippen LogP contribution in [0, 0.1) is 0 Å². The molecule has 1 aromatic rings. The molecule has 22 heavy (non-hydrogen) atoms. The molecule has 0 bridgehead atoms. The molecule has 1 atom stereocenters. The van der Waals surface area contributed by atoms with Crippen LogP contribution >= 0.6 is 0 Å². The fourth-order valence-electron chi connectivity index (χ4n) is 2.52. The maximum atomic E-state index is 11.6. The SMILES string of the molecule is CCN(c1ccc(NS(=O)(=O)CC)nc1)C1CCS(=O)(=O)C1. The normalized spacial score (nSPS) is 20.7. The quantitative estimate of drug-likeness (QED) is 0.820. The summed E-state index contributed by atoms with van der Waals surface area (Å²) < 4.78 is 48.6. The number of rotatable bonds is 6. The molecule has 124 valence electrons. The van der Waals surface area contributed by atoms with Gasteiger partial charge in [0.2, 0.25) is 10.0 Å². The Bertz CT molecular complexity index is 714. The van der Waals surface area contributed by atoms with Gasteiger partial charge in [-0.3, -0.25) is 4.72 Å². The molecule has 0 saturated carbocycles. The average Bonchev–Trinajstić information content (AvgIpc) is 2.81. The molecule has 1 saturated heterocycles. The van der Waals surface area contributed by atoms with Crippen molar-refractivity contribution in [3.8, 4) is 0 Å². The Labute approximate surface area is 131 Å². The van der Waals surface area contributed by atoms with Crippen LogP contribution in [-0.4, -0.2) is 51.7 Å². The van der Waals surface area contributed by atoms with Gasteiger partial charge in [-0.05, 0) is 32.4 Å². The molecule has 1 aliphatic heterocycles. The second kappa shape index (κ2) is 6.41. The van der Waals surface area contributed by atoms with E-state index in [9.17, 15) is 16.8 Å². The van der Waals surface area contributed by atoms with Crippen molar-refractivity contribution in [1.29, 1.82) is 0 Å². The number of hydrogen-bond acceptors (Lipinski definition) is 6. The summed E-state index contributed by atoms with van der Waals surface area (Å²) in [5.41, 5.74) is 0.795. The molecule has 0 aromatic carbocycles. The zero-order valence-corrected chi connectivity index (χ0v) is 14.3. The first-order valence-electron chi connectivity index (χ1n) is 7.20. The van der Waals surface area contributed by atoms with E-state index in [2.05, 4.69) is 9.71 Å². The number of pyridine rings is 1. The smallest absolute Gasteiger partial charge is 0.233 e. The van der Waals surface area contributed by atoms with Crippen molar-refractivity contribution in [2.24, 2.45) is 0 Å². The van der Waals surface area contributed by atoms with E-state index >= 15 is 0 Å². The molecule has 0 amide bonds. The van der Waals surface area contributed by atoms with E-state index in [4.69, 9.17) is 0 Å². The molecular formula is C13H21N3O4S2. The first kappa shape index (κ1) is 17.0. The summed E-state index contributed by atoms with van der Waals surface area (Å²) in [6.45, 7) is 4.18. The van der Waals surface area contributed by atoms with Crippen LogP contribution in [0.5, 0.6) is 0 Å². The van der Waals surface area contributed by atoms with Gasteiger partial charge in [-0.2, -0.15) is 0 Å². The number of sulfone groups is 1. The van der Waals surface area contributed by atoms with E-state index in [0.29, 0.717) is 13.0 Å². The van der Waals surface area contributed by atoms with Crippen LogP contribution in [0.1, 0.15) is 20.3 Å². The lowest BCUT2D eigenvalue weighted by Crippen LogP contribution is -2.36. The zero-order valence-electron chi connectivity index (χ0n) is 12.7. The van der Waals surface area contributed by atoms with Gasteiger partial charge in [0.25, 0.3) is 0 Å². The van der Waals surface area contributed by atoms with Gasteiger partial charge < -0.3 is 4.90 Å². The maximum Gasteiger partial charge on any atom is 0.233 e. The van der Waals surface area contributed by atoms with Crippen LogP contribution in [0.2, 0.25) is 0 Å². The predicted octanol–water partition coefficient (Wildman–Crippen LogP) is 0.857. The molecule has 1 N–H and O–H groups in total. The van der Waals surface area contributed by atoms with Crippen molar-refractivity contribution in [2.45, 2.75) is 26.3 Å². The minimum Gasteiger partial charge on any atom is -0.367 e. The van der Waals surface area contributed by atoms with Crippen LogP contribution in [0.3, 0.4) is 0 Å². The molecule has 1 unspecified atom stereocenters. The van der Waals surface area contributed by atoms with Gasteiger partial charge in [0.1, 0.15) is 5.82 Å². The third kappa shape index (κ3) is 4.10. The Kier molecular flexibility index (Phi) is 4.96. The van der Waals surface area contributed by atoms with Gasteiger partial charge in [-0.1, -0.05) is 0 Å². The third-order valence-electron chi connectivity index (χ3n) is 3.71. The van der Waals surface area contributed by atoms with Crippen LogP contribution in [0.4, 0.5) is 11.5 Å². The van der Waals surface area contributed by atoms with Gasteiger partial charge in [0.15, 0.2) is 9.84 Å². The highest BCUT2D eigenvalue weighted by molar-refractivity contribution is 7.92. The summed E-state index contributed by atoms with van der Waals surface area (Å²) >= 11 is 0. The number of anilines is 2. The highest BCUT2D eigenvalue weighted by Crippen LogP contribution is 2.24. The molecule has 2 rings (SSSR count). The number of hydrogen-bond donors (Lipinski definition) is 1. The first-order chi connectivity index (χ1) is 10.3. The second-order valence-corrected chi connectivity index (χ2v) is 9.49. The lowest BCUT2D eigenvalue weighted by Gasteiger charge is -2.28. The summed E-state index contributed by atoms with van der Waals surface area (Å²) in [4.78, 5) is 6.10. The Balaban J connectivity index is 2.14. The first-order valence-corrected chi connectivity index (χ1v) is 10.7. The van der Waals surface area contributed by atoms with E-state index in [1.54, 1.807) is 25.3 Å². The van der Waals surface area contributed by atoms with E-state index < -0.39 is 19.9 Å². The predicted molar refractivity (Wildman–Crippen MR) is 87.4 cm³/mol. The Morgan fingerprint density at radius 3 is 2.55 bits per heavy atom. The highest BCUT2D eigenvalue weighted by atomic mass is 32.2. The fraction of sp³-hybridized carbons (Fsp3) is 0.615. The summed E-state index contributed by atoms with van der Waals surface area (Å²) in [6, 6.07) is 3.30. The topological polar surface area (TPSA) is 96.4 Å². The minimum absolute atomic E-state index is 0.0164. The van der Waals surface area contributed by atoms with E-state index in [0.717, 1.165) is 5.69 Å². The summed E-state index contributed by atoms with van der Waals surface area (Å²) in [5, 5.41) is 0. The minimum atomic E-state index is -3.35. The summed E-state index contributed by atoms with van der Waals surface area (Å²) in [5.74, 6) is 0.624. The number of sulfonamides is 1. The van der Waals surface area contributed by atoms with Gasteiger partial charge in [0, 0.05) is 12.6 Å². The van der Waals surface area contributed by atoms with Crippen molar-refractivity contribution in [3.63, 3.8) is 0 Å². The molecule has 7 nitrogen and oxygen atoms in total. The molecule has 1 aromatic heterocycles. The van der Waals surface area contributed by atoms with E-state index in [1.165, 1.54) is 0 Å². The standard InChI is InChI=1S/C13H21N3O4S2/c1-3-16(12-7-8-21(17,18)10-12)11-5-6-13(14-9-11)15-22(19,20)4-2/h5-6,9,12H,3-4,7-8,10H2,1-2H3,(H,14,15). The maximum absolute atomic E-state index is 11.6. The Morgan fingerprint density at radius 2 is 2.09 bits per heavy atom. The van der Waals surface area contributed by atoms with Gasteiger partial charge in [-0.15, -0.1) is 0 Å². The van der Waals surface area contributed by atoms with Gasteiger partial charge in [0.05, 0.1) is 29.1 Å². The molecule has 0 aliphatic carbocycles. The third-order valence-corrected chi connectivity index (χ3v) is 6.74. The van der Waals surface area contributed by atoms with Crippen molar-refractivity contribution in [3.05, 3.63) is 18.3 Å². The largest absolute Gasteiger partial charge is 0.367 e. The molecular weight excluding hydrogens is 326 g/mol. The van der Waals surface area contributed by atoms with Gasteiger partial charge >= 0.3 is 0 Å². The summed E-state index contributed by atoms with van der Waals surface area (Å²) in [6.07, 6.45) is 2.18. The number of aromatic nitrogens is 1. The van der Waals surface area contributed by atoms with Crippen LogP contribution in [0.25, 0.3) is 0 Å². The van der Waals surface area contributed by atoms with Crippen molar-refractivity contribution in [1.82, 2.24) is 4.98 Å². The monoisotopic (exact) mass is 347 g/mol. The fourth-order valence-corrected chi connectivity index (χ4v) is 4.84. The van der Waals surface area contributed by atoms with Crippen molar-refractivity contribution in [2.75, 3.05) is 33.4 Å². The summed E-state index contributed by atoms with van der Waals surface area (Å²) in [7, 11) is -6.30. The molecule has 1 aliphatic rings. The van der Waals surface area contributed by atoms with E-state index in [-0.39, 0.29) is 29.1 Å². The molecule has 1 fully saturated rings. The zero-order chi connectivity index (χ0) is 16.4. The molecule has 0 spiro atoms. The van der Waals surface area contributed by atoms with Crippen LogP contribution in [-0.2, 0) is 19.9 Å². The Hall–Kier alpha value is -1.35. The second-order valence-electron chi connectivity index (χ2n) is 5.25.